The van der Waals surface area contributed by atoms with Gasteiger partial charge in [0.05, 0.1) is 19.4 Å². The molecule has 2 aromatic heterocycles. The Balaban J connectivity index is 1.65. The maximum atomic E-state index is 14.4. The smallest absolute Gasteiger partial charge is 0.357 e. The number of hydrogen-bond acceptors (Lipinski definition) is 9. The molecule has 3 aromatic rings. The molecule has 1 aliphatic rings. The van der Waals surface area contributed by atoms with Gasteiger partial charge in [-0.1, -0.05) is 12.1 Å². The second-order valence-corrected chi connectivity index (χ2v) is 6.67. The van der Waals surface area contributed by atoms with Crippen molar-refractivity contribution >= 4 is 23.6 Å². The molecule has 12 heteroatoms. The van der Waals surface area contributed by atoms with Crippen LogP contribution in [0.15, 0.2) is 36.5 Å². The summed E-state index contributed by atoms with van der Waals surface area (Å²) in [6.45, 7) is 1.20. The lowest BCUT2D eigenvalue weighted by Gasteiger charge is -2.26. The molecule has 10 nitrogen and oxygen atoms in total. The van der Waals surface area contributed by atoms with Gasteiger partial charge in [-0.05, 0) is 23.8 Å². The van der Waals surface area contributed by atoms with Gasteiger partial charge in [0.15, 0.2) is 23.1 Å². The number of carboxylic acids is 1. The van der Waals surface area contributed by atoms with Gasteiger partial charge in [-0.15, -0.1) is 10.2 Å². The van der Waals surface area contributed by atoms with E-state index in [1.54, 1.807) is 12.1 Å². The fraction of sp³-hybridized carbons (Fsp3) is 0.250. The molecule has 3 heterocycles. The summed E-state index contributed by atoms with van der Waals surface area (Å²) in [5, 5.41) is 19.8. The number of nitrogens with zero attached hydrogens (tertiary/aromatic N) is 5. The predicted molar refractivity (Wildman–Crippen MR) is 109 cm³/mol. The van der Waals surface area contributed by atoms with Crippen molar-refractivity contribution < 1.29 is 28.2 Å². The lowest BCUT2D eigenvalue weighted by molar-refractivity contribution is 0.0690. The first-order valence-electron chi connectivity index (χ1n) is 9.57. The standard InChI is InChI=1S/C20H18F2N6O4/c21-11-32-13-3-1-12(2-4-13)14-9-16(26-27-17(14)19(29)30)24-18-15(22)10-23-20(25-18)28-5-7-31-8-6-28/h1-4,9-10H,5-8,11H2,(H,29,30)(H,23,24,25,26). The van der Waals surface area contributed by atoms with E-state index in [9.17, 15) is 18.7 Å². The van der Waals surface area contributed by atoms with Crippen molar-refractivity contribution in [1.82, 2.24) is 20.2 Å². The number of ether oxygens (including phenoxy) is 2. The lowest BCUT2D eigenvalue weighted by Crippen LogP contribution is -2.37. The molecule has 0 aliphatic carbocycles. The molecule has 0 bridgehead atoms. The average Bonchev–Trinajstić information content (AvgIpc) is 2.81. The first-order valence-corrected chi connectivity index (χ1v) is 9.57. The first kappa shape index (κ1) is 21.3. The summed E-state index contributed by atoms with van der Waals surface area (Å²) in [5.74, 6) is -1.43. The van der Waals surface area contributed by atoms with Gasteiger partial charge in [0.2, 0.25) is 12.8 Å². The fourth-order valence-electron chi connectivity index (χ4n) is 3.11. The number of carbonyl (C=O) groups is 1. The Morgan fingerprint density at radius 3 is 2.66 bits per heavy atom. The monoisotopic (exact) mass is 444 g/mol. The van der Waals surface area contributed by atoms with Gasteiger partial charge in [-0.3, -0.25) is 0 Å². The minimum atomic E-state index is -1.29. The number of anilines is 3. The summed E-state index contributed by atoms with van der Waals surface area (Å²) in [7, 11) is 0. The Labute approximate surface area is 180 Å². The molecule has 1 aliphatic heterocycles. The van der Waals surface area contributed by atoms with Crippen molar-refractivity contribution in [2.75, 3.05) is 43.4 Å². The summed E-state index contributed by atoms with van der Waals surface area (Å²) in [6, 6.07) is 7.51. The minimum absolute atomic E-state index is 0.0830. The topological polar surface area (TPSA) is 123 Å². The highest BCUT2D eigenvalue weighted by atomic mass is 19.1. The lowest BCUT2D eigenvalue weighted by atomic mass is 10.0. The van der Waals surface area contributed by atoms with E-state index in [2.05, 4.69) is 25.5 Å². The number of aromatic nitrogens is 4. The molecule has 0 radical (unpaired) electrons. The molecule has 1 saturated heterocycles. The predicted octanol–water partition coefficient (Wildman–Crippen LogP) is 2.66. The van der Waals surface area contributed by atoms with Gasteiger partial charge < -0.3 is 24.8 Å². The van der Waals surface area contributed by atoms with Crippen LogP contribution in [0.4, 0.5) is 26.4 Å². The maximum absolute atomic E-state index is 14.4. The third kappa shape index (κ3) is 4.70. The number of morpholine rings is 1. The summed E-state index contributed by atoms with van der Waals surface area (Å²) in [6.07, 6.45) is 1.05. The van der Waals surface area contributed by atoms with E-state index in [1.165, 1.54) is 18.2 Å². The van der Waals surface area contributed by atoms with E-state index in [0.29, 0.717) is 37.8 Å². The molecule has 32 heavy (non-hydrogen) atoms. The molecule has 0 saturated carbocycles. The van der Waals surface area contributed by atoms with E-state index >= 15 is 0 Å². The minimum Gasteiger partial charge on any atom is -0.476 e. The number of hydrogen-bond donors (Lipinski definition) is 2. The van der Waals surface area contributed by atoms with Gasteiger partial charge in [0, 0.05) is 18.7 Å². The Morgan fingerprint density at radius 1 is 1.22 bits per heavy atom. The molecular formula is C20H18F2N6O4. The average molecular weight is 444 g/mol. The van der Waals surface area contributed by atoms with E-state index in [1.807, 2.05) is 4.90 Å². The highest BCUT2D eigenvalue weighted by Gasteiger charge is 2.19. The Kier molecular flexibility index (Phi) is 6.31. The number of halogens is 2. The van der Waals surface area contributed by atoms with Crippen molar-refractivity contribution in [2.45, 2.75) is 0 Å². The normalized spacial score (nSPS) is 13.6. The number of aromatic carboxylic acids is 1. The molecule has 1 fully saturated rings. The third-order valence-electron chi connectivity index (χ3n) is 4.65. The molecule has 0 unspecified atom stereocenters. The molecule has 0 atom stereocenters. The number of nitrogens with one attached hydrogen (secondary N) is 1. The molecule has 2 N–H and O–H groups in total. The van der Waals surface area contributed by atoms with Crippen molar-refractivity contribution in [3.63, 3.8) is 0 Å². The Bertz CT molecular complexity index is 1110. The molecular weight excluding hydrogens is 426 g/mol. The van der Waals surface area contributed by atoms with Crippen LogP contribution in [0.25, 0.3) is 11.1 Å². The summed E-state index contributed by atoms with van der Waals surface area (Å²) in [4.78, 5) is 21.7. The number of rotatable bonds is 7. The zero-order chi connectivity index (χ0) is 22.5. The molecule has 0 amide bonds. The van der Waals surface area contributed by atoms with Gasteiger partial charge in [0.25, 0.3) is 0 Å². The van der Waals surface area contributed by atoms with Crippen molar-refractivity contribution in [2.24, 2.45) is 0 Å². The largest absolute Gasteiger partial charge is 0.476 e. The highest BCUT2D eigenvalue weighted by Crippen LogP contribution is 2.28. The molecule has 0 spiro atoms. The van der Waals surface area contributed by atoms with Crippen LogP contribution in [0.3, 0.4) is 0 Å². The number of carboxylic acid groups (broad SMARTS) is 1. The van der Waals surface area contributed by atoms with Crippen LogP contribution in [0.1, 0.15) is 10.5 Å². The van der Waals surface area contributed by atoms with Gasteiger partial charge >= 0.3 is 5.97 Å². The second-order valence-electron chi connectivity index (χ2n) is 6.67. The summed E-state index contributed by atoms with van der Waals surface area (Å²) in [5.41, 5.74) is 0.403. The molecule has 4 rings (SSSR count). The highest BCUT2D eigenvalue weighted by molar-refractivity contribution is 5.94. The van der Waals surface area contributed by atoms with Crippen LogP contribution in [0.5, 0.6) is 5.75 Å². The van der Waals surface area contributed by atoms with Crippen LogP contribution in [-0.4, -0.2) is 64.4 Å². The van der Waals surface area contributed by atoms with Crippen LogP contribution in [0.2, 0.25) is 0 Å². The van der Waals surface area contributed by atoms with Crippen molar-refractivity contribution in [3.8, 4) is 16.9 Å². The van der Waals surface area contributed by atoms with Gasteiger partial charge in [0.1, 0.15) is 5.75 Å². The fourth-order valence-corrected chi connectivity index (χ4v) is 3.11. The zero-order valence-corrected chi connectivity index (χ0v) is 16.7. The van der Waals surface area contributed by atoms with Crippen molar-refractivity contribution in [1.29, 1.82) is 0 Å². The summed E-state index contributed by atoms with van der Waals surface area (Å²) < 4.78 is 36.7. The maximum Gasteiger partial charge on any atom is 0.357 e. The van der Waals surface area contributed by atoms with E-state index in [-0.39, 0.29) is 28.6 Å². The van der Waals surface area contributed by atoms with E-state index in [4.69, 9.17) is 9.47 Å². The van der Waals surface area contributed by atoms with E-state index in [0.717, 1.165) is 6.20 Å². The van der Waals surface area contributed by atoms with Gasteiger partial charge in [-0.2, -0.15) is 4.98 Å². The number of alkyl halides is 1. The van der Waals surface area contributed by atoms with Crippen molar-refractivity contribution in [3.05, 3.63) is 48.0 Å². The van der Waals surface area contributed by atoms with Crippen LogP contribution in [-0.2, 0) is 4.74 Å². The van der Waals surface area contributed by atoms with E-state index < -0.39 is 18.6 Å². The van der Waals surface area contributed by atoms with Gasteiger partial charge in [-0.25, -0.2) is 18.6 Å². The Hall–Kier alpha value is -3.93. The molecule has 166 valence electrons. The van der Waals surface area contributed by atoms with Crippen LogP contribution < -0.4 is 15.0 Å². The number of benzene rings is 1. The quantitative estimate of drug-likeness (QED) is 0.562. The van der Waals surface area contributed by atoms with Crippen LogP contribution >= 0.6 is 0 Å². The zero-order valence-electron chi connectivity index (χ0n) is 16.7. The SMILES string of the molecule is O=C(O)c1nnc(Nc2nc(N3CCOCC3)ncc2F)cc1-c1ccc(OCF)cc1. The molecule has 1 aromatic carbocycles. The third-order valence-corrected chi connectivity index (χ3v) is 4.65. The van der Waals surface area contributed by atoms with Crippen LogP contribution in [0, 0.1) is 5.82 Å². The Morgan fingerprint density at radius 2 is 1.97 bits per heavy atom. The first-order chi connectivity index (χ1) is 15.5. The summed E-state index contributed by atoms with van der Waals surface area (Å²) >= 11 is 0. The second kappa shape index (κ2) is 9.47.